The summed E-state index contributed by atoms with van der Waals surface area (Å²) >= 11 is 0. The fourth-order valence-corrected chi connectivity index (χ4v) is 4.27. The van der Waals surface area contributed by atoms with Crippen LogP contribution < -0.4 is 5.73 Å². The third kappa shape index (κ3) is 2.84. The average molecular weight is 269 g/mol. The predicted molar refractivity (Wildman–Crippen MR) is 77.9 cm³/mol. The van der Waals surface area contributed by atoms with Gasteiger partial charge in [-0.25, -0.2) is 0 Å². The number of rotatable bonds is 3. The highest BCUT2D eigenvalue weighted by Crippen LogP contribution is 2.51. The molecule has 2 unspecified atom stereocenters. The molecule has 0 spiro atoms. The molecule has 1 aliphatic carbocycles. The van der Waals surface area contributed by atoms with E-state index >= 15 is 0 Å². The second-order valence-corrected chi connectivity index (χ2v) is 7.23. The lowest BCUT2D eigenvalue weighted by molar-refractivity contribution is -0.175. The third-order valence-electron chi connectivity index (χ3n) is 5.85. The minimum absolute atomic E-state index is 0.0730. The molecule has 112 valence electrons. The van der Waals surface area contributed by atoms with Crippen LogP contribution in [0.1, 0.15) is 59.3 Å². The van der Waals surface area contributed by atoms with E-state index in [0.717, 1.165) is 37.5 Å². The van der Waals surface area contributed by atoms with Crippen molar-refractivity contribution in [3.8, 4) is 0 Å². The molecule has 0 aromatic carbocycles. The predicted octanol–water partition coefficient (Wildman–Crippen LogP) is 2.71. The molecule has 0 aromatic rings. The Morgan fingerprint density at radius 1 is 1.26 bits per heavy atom. The fraction of sp³-hybridized carbons (Fsp3) is 1.00. The van der Waals surface area contributed by atoms with Gasteiger partial charge in [0.25, 0.3) is 0 Å². The summed E-state index contributed by atoms with van der Waals surface area (Å²) in [5.41, 5.74) is 5.44. The van der Waals surface area contributed by atoms with E-state index in [9.17, 15) is 5.11 Å². The zero-order valence-corrected chi connectivity index (χ0v) is 12.8. The van der Waals surface area contributed by atoms with Gasteiger partial charge in [0.2, 0.25) is 0 Å². The molecule has 1 aliphatic heterocycles. The van der Waals surface area contributed by atoms with Crippen molar-refractivity contribution in [3.05, 3.63) is 0 Å². The maximum absolute atomic E-state index is 11.2. The van der Waals surface area contributed by atoms with Gasteiger partial charge >= 0.3 is 0 Å². The number of hydrogen-bond acceptors (Lipinski definition) is 3. The summed E-state index contributed by atoms with van der Waals surface area (Å²) in [5, 5.41) is 11.2. The molecule has 3 nitrogen and oxygen atoms in total. The third-order valence-corrected chi connectivity index (χ3v) is 5.85. The Balaban J connectivity index is 2.11. The average Bonchev–Trinajstić information content (AvgIpc) is 2.38. The maximum atomic E-state index is 11.2. The van der Waals surface area contributed by atoms with E-state index in [1.54, 1.807) is 0 Å². The zero-order valence-electron chi connectivity index (χ0n) is 12.8. The van der Waals surface area contributed by atoms with Gasteiger partial charge in [0.15, 0.2) is 0 Å². The first kappa shape index (κ1) is 15.3. The minimum atomic E-state index is -0.610. The number of ether oxygens (including phenoxy) is 1. The first-order valence-corrected chi connectivity index (χ1v) is 7.96. The van der Waals surface area contributed by atoms with Crippen LogP contribution in [0.3, 0.4) is 0 Å². The van der Waals surface area contributed by atoms with Gasteiger partial charge in [-0.3, -0.25) is 0 Å². The van der Waals surface area contributed by atoms with Crippen LogP contribution in [0.15, 0.2) is 0 Å². The normalized spacial score (nSPS) is 44.5. The molecule has 1 saturated heterocycles. The summed E-state index contributed by atoms with van der Waals surface area (Å²) in [6.45, 7) is 7.97. The van der Waals surface area contributed by atoms with Crippen LogP contribution in [-0.2, 0) is 4.74 Å². The summed E-state index contributed by atoms with van der Waals surface area (Å²) in [6.07, 6.45) is 6.24. The molecule has 2 fully saturated rings. The van der Waals surface area contributed by atoms with Crippen molar-refractivity contribution < 1.29 is 9.84 Å². The van der Waals surface area contributed by atoms with E-state index < -0.39 is 5.60 Å². The molecule has 3 N–H and O–H groups in total. The lowest BCUT2D eigenvalue weighted by Gasteiger charge is -2.53. The smallest absolute Gasteiger partial charge is 0.0762 e. The van der Waals surface area contributed by atoms with E-state index in [1.165, 1.54) is 12.8 Å². The molecule has 0 bridgehead atoms. The van der Waals surface area contributed by atoms with Gasteiger partial charge in [0, 0.05) is 31.4 Å². The van der Waals surface area contributed by atoms with E-state index in [2.05, 4.69) is 20.8 Å². The SMILES string of the molecule is CC1CC(O)(C2(CN)CCC(C(C)C)CC2)CCO1. The molecule has 0 radical (unpaired) electrons. The molecular weight excluding hydrogens is 238 g/mol. The highest BCUT2D eigenvalue weighted by Gasteiger charge is 2.52. The van der Waals surface area contributed by atoms with Crippen LogP contribution in [0.2, 0.25) is 0 Å². The van der Waals surface area contributed by atoms with Crippen LogP contribution in [0.4, 0.5) is 0 Å². The number of aliphatic hydroxyl groups is 1. The van der Waals surface area contributed by atoms with Crippen molar-refractivity contribution in [2.24, 2.45) is 23.0 Å². The quantitative estimate of drug-likeness (QED) is 0.828. The van der Waals surface area contributed by atoms with Crippen molar-refractivity contribution in [1.29, 1.82) is 0 Å². The molecule has 2 atom stereocenters. The molecular formula is C16H31NO2. The minimum Gasteiger partial charge on any atom is -0.389 e. The monoisotopic (exact) mass is 269 g/mol. The van der Waals surface area contributed by atoms with Crippen LogP contribution in [0.25, 0.3) is 0 Å². The van der Waals surface area contributed by atoms with Crippen LogP contribution >= 0.6 is 0 Å². The number of hydrogen-bond donors (Lipinski definition) is 2. The number of nitrogens with two attached hydrogens (primary N) is 1. The second-order valence-electron chi connectivity index (χ2n) is 7.23. The highest BCUT2D eigenvalue weighted by atomic mass is 16.5. The van der Waals surface area contributed by atoms with Crippen molar-refractivity contribution in [2.45, 2.75) is 71.0 Å². The summed E-state index contributed by atoms with van der Waals surface area (Å²) in [4.78, 5) is 0. The molecule has 1 heterocycles. The van der Waals surface area contributed by atoms with E-state index in [-0.39, 0.29) is 11.5 Å². The van der Waals surface area contributed by atoms with E-state index in [0.29, 0.717) is 13.2 Å². The first-order valence-electron chi connectivity index (χ1n) is 7.96. The summed E-state index contributed by atoms with van der Waals surface area (Å²) in [6, 6.07) is 0. The lowest BCUT2D eigenvalue weighted by atomic mass is 9.57. The van der Waals surface area contributed by atoms with Gasteiger partial charge in [-0.15, -0.1) is 0 Å². The Hall–Kier alpha value is -0.120. The van der Waals surface area contributed by atoms with Gasteiger partial charge in [0.05, 0.1) is 11.7 Å². The maximum Gasteiger partial charge on any atom is 0.0762 e. The van der Waals surface area contributed by atoms with Gasteiger partial charge in [-0.2, -0.15) is 0 Å². The first-order chi connectivity index (χ1) is 8.92. The van der Waals surface area contributed by atoms with Crippen molar-refractivity contribution >= 4 is 0 Å². The van der Waals surface area contributed by atoms with Crippen LogP contribution in [0, 0.1) is 17.3 Å². The summed E-state index contributed by atoms with van der Waals surface area (Å²) in [5.74, 6) is 1.56. The summed E-state index contributed by atoms with van der Waals surface area (Å²) < 4.78 is 5.61. The van der Waals surface area contributed by atoms with Crippen molar-refractivity contribution in [2.75, 3.05) is 13.2 Å². The molecule has 19 heavy (non-hydrogen) atoms. The van der Waals surface area contributed by atoms with Gasteiger partial charge in [-0.05, 0) is 44.4 Å². The van der Waals surface area contributed by atoms with Gasteiger partial charge in [0.1, 0.15) is 0 Å². The molecule has 2 aliphatic rings. The van der Waals surface area contributed by atoms with E-state index in [4.69, 9.17) is 10.5 Å². The van der Waals surface area contributed by atoms with E-state index in [1.807, 2.05) is 0 Å². The standard InChI is InChI=1S/C16H31NO2/c1-12(2)14-4-6-15(11-17,7-5-14)16(18)8-9-19-13(3)10-16/h12-14,18H,4-11,17H2,1-3H3. The van der Waals surface area contributed by atoms with Gasteiger partial charge < -0.3 is 15.6 Å². The Kier molecular flexibility index (Phi) is 4.59. The molecule has 1 saturated carbocycles. The van der Waals surface area contributed by atoms with Crippen LogP contribution in [-0.4, -0.2) is 30.0 Å². The molecule has 3 heteroatoms. The fourth-order valence-electron chi connectivity index (χ4n) is 4.27. The lowest BCUT2D eigenvalue weighted by Crippen LogP contribution is -2.58. The van der Waals surface area contributed by atoms with Crippen molar-refractivity contribution in [3.63, 3.8) is 0 Å². The Morgan fingerprint density at radius 2 is 1.89 bits per heavy atom. The summed E-state index contributed by atoms with van der Waals surface area (Å²) in [7, 11) is 0. The second kappa shape index (κ2) is 5.71. The van der Waals surface area contributed by atoms with Gasteiger partial charge in [-0.1, -0.05) is 13.8 Å². The molecule has 0 aromatic heterocycles. The van der Waals surface area contributed by atoms with Crippen LogP contribution in [0.5, 0.6) is 0 Å². The topological polar surface area (TPSA) is 55.5 Å². The largest absolute Gasteiger partial charge is 0.389 e. The Labute approximate surface area is 117 Å². The Bertz CT molecular complexity index is 297. The molecule has 2 rings (SSSR count). The highest BCUT2D eigenvalue weighted by molar-refractivity contribution is 5.04. The Morgan fingerprint density at radius 3 is 2.37 bits per heavy atom. The molecule has 0 amide bonds. The van der Waals surface area contributed by atoms with Crippen molar-refractivity contribution in [1.82, 2.24) is 0 Å². The zero-order chi connectivity index (χ0) is 14.1.